The van der Waals surface area contributed by atoms with Crippen molar-refractivity contribution < 1.29 is 9.90 Å². The van der Waals surface area contributed by atoms with Gasteiger partial charge in [0.1, 0.15) is 11.4 Å². The summed E-state index contributed by atoms with van der Waals surface area (Å²) in [5, 5.41) is 16.3. The van der Waals surface area contributed by atoms with Crippen molar-refractivity contribution in [3.8, 4) is 5.75 Å². The van der Waals surface area contributed by atoms with E-state index in [-0.39, 0.29) is 11.7 Å². The number of aromatic amines is 1. The Morgan fingerprint density at radius 2 is 2.00 bits per heavy atom. The predicted octanol–water partition coefficient (Wildman–Crippen LogP) is 3.63. The van der Waals surface area contributed by atoms with Gasteiger partial charge in [0.2, 0.25) is 0 Å². The Kier molecular flexibility index (Phi) is 3.16. The summed E-state index contributed by atoms with van der Waals surface area (Å²) in [4.78, 5) is 20.0. The lowest BCUT2D eigenvalue weighted by Crippen LogP contribution is -2.23. The summed E-state index contributed by atoms with van der Waals surface area (Å²) in [5.41, 5.74) is 3.45. The van der Waals surface area contributed by atoms with Gasteiger partial charge in [0.15, 0.2) is 0 Å². The van der Waals surface area contributed by atoms with E-state index >= 15 is 0 Å². The van der Waals surface area contributed by atoms with Crippen LogP contribution in [-0.4, -0.2) is 27.5 Å². The van der Waals surface area contributed by atoms with E-state index in [0.717, 1.165) is 38.1 Å². The molecule has 0 atom stereocenters. The fraction of sp³-hybridized carbons (Fsp3) is 0.158. The van der Waals surface area contributed by atoms with E-state index in [4.69, 9.17) is 0 Å². The average Bonchev–Trinajstić information content (AvgIpc) is 2.93. The molecule has 5 nitrogen and oxygen atoms in total. The third-order valence-electron chi connectivity index (χ3n) is 4.43. The Morgan fingerprint density at radius 1 is 1.17 bits per heavy atom. The van der Waals surface area contributed by atoms with Crippen LogP contribution in [-0.2, 0) is 0 Å². The zero-order valence-corrected chi connectivity index (χ0v) is 13.5. The van der Waals surface area contributed by atoms with E-state index in [1.165, 1.54) is 0 Å². The highest BCUT2D eigenvalue weighted by atomic mass is 16.3. The number of carbonyl (C=O) groups excluding carboxylic acids is 1. The van der Waals surface area contributed by atoms with E-state index in [0.29, 0.717) is 12.2 Å². The normalized spacial score (nSPS) is 11.4. The number of phenolic OH excluding ortho intramolecular Hbond substituents is 1. The fourth-order valence-corrected chi connectivity index (χ4v) is 3.30. The highest BCUT2D eigenvalue weighted by Gasteiger charge is 2.16. The number of nitrogens with zero attached hydrogens (tertiary/aromatic N) is 1. The van der Waals surface area contributed by atoms with Crippen molar-refractivity contribution in [1.29, 1.82) is 0 Å². The molecule has 24 heavy (non-hydrogen) atoms. The molecule has 0 radical (unpaired) electrons. The number of aryl methyl sites for hydroxylation is 1. The number of amides is 1. The number of benzene rings is 2. The zero-order valence-electron chi connectivity index (χ0n) is 13.5. The molecule has 0 fully saturated rings. The van der Waals surface area contributed by atoms with Gasteiger partial charge in [-0.25, -0.2) is 0 Å². The lowest BCUT2D eigenvalue weighted by atomic mass is 10.00. The molecule has 0 saturated carbocycles. The summed E-state index contributed by atoms with van der Waals surface area (Å²) in [6.45, 7) is 4.47. The van der Waals surface area contributed by atoms with Crippen LogP contribution >= 0.6 is 0 Å². The van der Waals surface area contributed by atoms with Crippen LogP contribution in [0.1, 0.15) is 23.0 Å². The molecule has 0 bridgehead atoms. The van der Waals surface area contributed by atoms with Gasteiger partial charge in [-0.05, 0) is 55.1 Å². The maximum Gasteiger partial charge on any atom is 0.270 e. The maximum atomic E-state index is 12.3. The molecule has 0 saturated heterocycles. The number of aromatic nitrogens is 2. The van der Waals surface area contributed by atoms with Gasteiger partial charge >= 0.3 is 0 Å². The molecule has 4 rings (SSSR count). The molecule has 0 aliphatic carbocycles. The molecule has 0 spiro atoms. The standard InChI is InChI=1S/C19H17N3O2/c1-3-20-19(24)18-14-9-15-13-8-11(23)4-5-16(13)22-17(15)10(2)12(14)6-7-21-18/h4-9,22-23H,3H2,1-2H3,(H,20,24). The van der Waals surface area contributed by atoms with Gasteiger partial charge in [0.05, 0.1) is 5.52 Å². The van der Waals surface area contributed by atoms with Gasteiger partial charge in [0.25, 0.3) is 5.91 Å². The Balaban J connectivity index is 2.14. The number of pyridine rings is 1. The van der Waals surface area contributed by atoms with Crippen molar-refractivity contribution in [2.24, 2.45) is 0 Å². The Morgan fingerprint density at radius 3 is 2.79 bits per heavy atom. The molecule has 5 heteroatoms. The van der Waals surface area contributed by atoms with Crippen LogP contribution in [0.2, 0.25) is 0 Å². The first kappa shape index (κ1) is 14.5. The van der Waals surface area contributed by atoms with Crippen LogP contribution in [0.3, 0.4) is 0 Å². The Labute approximate surface area is 138 Å². The summed E-state index contributed by atoms with van der Waals surface area (Å²) >= 11 is 0. The van der Waals surface area contributed by atoms with Crippen LogP contribution in [0.4, 0.5) is 0 Å². The molecular weight excluding hydrogens is 302 g/mol. The number of hydrogen-bond acceptors (Lipinski definition) is 3. The fourth-order valence-electron chi connectivity index (χ4n) is 3.30. The number of carbonyl (C=O) groups is 1. The summed E-state index contributed by atoms with van der Waals surface area (Å²) < 4.78 is 0. The molecule has 2 aromatic heterocycles. The second-order valence-corrected chi connectivity index (χ2v) is 5.89. The smallest absolute Gasteiger partial charge is 0.270 e. The van der Waals surface area contributed by atoms with Gasteiger partial charge in [-0.3, -0.25) is 9.78 Å². The minimum atomic E-state index is -0.176. The van der Waals surface area contributed by atoms with Crippen LogP contribution in [0, 0.1) is 6.92 Å². The van der Waals surface area contributed by atoms with E-state index in [9.17, 15) is 9.90 Å². The first-order valence-corrected chi connectivity index (χ1v) is 7.91. The number of fused-ring (bicyclic) bond motifs is 4. The molecule has 120 valence electrons. The monoisotopic (exact) mass is 319 g/mol. The number of H-pyrrole nitrogens is 1. The van der Waals surface area contributed by atoms with Crippen molar-refractivity contribution >= 4 is 38.5 Å². The number of rotatable bonds is 2. The summed E-state index contributed by atoms with van der Waals surface area (Å²) in [5.74, 6) is 0.0424. The maximum absolute atomic E-state index is 12.3. The summed E-state index contributed by atoms with van der Waals surface area (Å²) in [6.07, 6.45) is 1.67. The minimum absolute atomic E-state index is 0.176. The Hall–Kier alpha value is -3.08. The zero-order chi connectivity index (χ0) is 16.8. The van der Waals surface area contributed by atoms with Crippen molar-refractivity contribution in [3.63, 3.8) is 0 Å². The largest absolute Gasteiger partial charge is 0.508 e. The first-order chi connectivity index (χ1) is 11.6. The van der Waals surface area contributed by atoms with Crippen LogP contribution in [0.5, 0.6) is 5.75 Å². The van der Waals surface area contributed by atoms with Gasteiger partial charge in [-0.2, -0.15) is 0 Å². The molecule has 4 aromatic rings. The van der Waals surface area contributed by atoms with Crippen LogP contribution < -0.4 is 5.32 Å². The molecule has 2 aromatic carbocycles. The summed E-state index contributed by atoms with van der Waals surface area (Å²) in [7, 11) is 0. The average molecular weight is 319 g/mol. The highest BCUT2D eigenvalue weighted by Crippen LogP contribution is 2.34. The predicted molar refractivity (Wildman–Crippen MR) is 95.5 cm³/mol. The first-order valence-electron chi connectivity index (χ1n) is 7.91. The van der Waals surface area contributed by atoms with Crippen molar-refractivity contribution in [1.82, 2.24) is 15.3 Å². The molecule has 0 aliphatic rings. The molecular formula is C19H17N3O2. The topological polar surface area (TPSA) is 78.0 Å². The molecule has 3 N–H and O–H groups in total. The van der Waals surface area contributed by atoms with Gasteiger partial charge in [-0.1, -0.05) is 0 Å². The number of aromatic hydroxyl groups is 1. The quantitative estimate of drug-likeness (QED) is 0.528. The van der Waals surface area contributed by atoms with E-state index in [2.05, 4.69) is 15.3 Å². The van der Waals surface area contributed by atoms with E-state index in [1.807, 2.05) is 32.0 Å². The molecule has 2 heterocycles. The highest BCUT2D eigenvalue weighted by molar-refractivity contribution is 6.17. The molecule has 0 aliphatic heterocycles. The summed E-state index contributed by atoms with van der Waals surface area (Å²) in [6, 6.07) is 9.16. The molecule has 1 amide bonds. The van der Waals surface area contributed by atoms with Crippen molar-refractivity contribution in [2.75, 3.05) is 6.54 Å². The Bertz CT molecular complexity index is 1110. The number of nitrogens with one attached hydrogen (secondary N) is 2. The van der Waals surface area contributed by atoms with E-state index in [1.54, 1.807) is 18.3 Å². The van der Waals surface area contributed by atoms with Crippen LogP contribution in [0.15, 0.2) is 36.5 Å². The third-order valence-corrected chi connectivity index (χ3v) is 4.43. The third kappa shape index (κ3) is 2.01. The van der Waals surface area contributed by atoms with Crippen molar-refractivity contribution in [3.05, 3.63) is 47.8 Å². The minimum Gasteiger partial charge on any atom is -0.508 e. The SMILES string of the molecule is CCNC(=O)c1nccc2c(C)c3[nH]c4ccc(O)cc4c3cc12. The lowest BCUT2D eigenvalue weighted by Gasteiger charge is -2.09. The lowest BCUT2D eigenvalue weighted by molar-refractivity contribution is 0.0952. The second kappa shape index (κ2) is 5.23. The van der Waals surface area contributed by atoms with Crippen molar-refractivity contribution in [2.45, 2.75) is 13.8 Å². The van der Waals surface area contributed by atoms with E-state index < -0.39 is 0 Å². The second-order valence-electron chi connectivity index (χ2n) is 5.89. The molecule has 0 unspecified atom stereocenters. The number of hydrogen-bond donors (Lipinski definition) is 3. The van der Waals surface area contributed by atoms with Crippen LogP contribution in [0.25, 0.3) is 32.6 Å². The van der Waals surface area contributed by atoms with Gasteiger partial charge < -0.3 is 15.4 Å². The van der Waals surface area contributed by atoms with Gasteiger partial charge in [-0.15, -0.1) is 0 Å². The van der Waals surface area contributed by atoms with Gasteiger partial charge in [0, 0.05) is 34.4 Å². The number of phenols is 1.